The monoisotopic (exact) mass is 231 g/mol. The average molecular weight is 231 g/mol. The molecule has 0 saturated heterocycles. The Morgan fingerprint density at radius 2 is 2.18 bits per heavy atom. The second-order valence-electron chi connectivity index (χ2n) is 5.36. The second kappa shape index (κ2) is 4.69. The van der Waals surface area contributed by atoms with Gasteiger partial charge < -0.3 is 10.1 Å². The molecule has 0 spiro atoms. The molecule has 2 nitrogen and oxygen atoms in total. The predicted octanol–water partition coefficient (Wildman–Crippen LogP) is 3.07. The SMILES string of the molecule is COc1ccc2c(c1)C(NCC1CC1)CCC2. The minimum Gasteiger partial charge on any atom is -0.497 e. The van der Waals surface area contributed by atoms with Gasteiger partial charge >= 0.3 is 0 Å². The lowest BCUT2D eigenvalue weighted by atomic mass is 9.87. The average Bonchev–Trinajstić information content (AvgIpc) is 3.19. The van der Waals surface area contributed by atoms with Crippen LogP contribution in [0.4, 0.5) is 0 Å². The van der Waals surface area contributed by atoms with E-state index in [1.54, 1.807) is 7.11 Å². The third kappa shape index (κ3) is 2.47. The van der Waals surface area contributed by atoms with Crippen molar-refractivity contribution in [3.63, 3.8) is 0 Å². The summed E-state index contributed by atoms with van der Waals surface area (Å²) >= 11 is 0. The fourth-order valence-electron chi connectivity index (χ4n) is 2.75. The minimum atomic E-state index is 0.550. The maximum Gasteiger partial charge on any atom is 0.119 e. The van der Waals surface area contributed by atoms with E-state index in [4.69, 9.17) is 4.74 Å². The zero-order chi connectivity index (χ0) is 11.7. The van der Waals surface area contributed by atoms with Crippen LogP contribution in [0, 0.1) is 5.92 Å². The van der Waals surface area contributed by atoms with Gasteiger partial charge in [-0.05, 0) is 67.8 Å². The summed E-state index contributed by atoms with van der Waals surface area (Å²) in [4.78, 5) is 0. The molecule has 0 amide bonds. The quantitative estimate of drug-likeness (QED) is 0.860. The van der Waals surface area contributed by atoms with E-state index < -0.39 is 0 Å². The lowest BCUT2D eigenvalue weighted by Gasteiger charge is -2.27. The first kappa shape index (κ1) is 11.1. The Morgan fingerprint density at radius 3 is 2.94 bits per heavy atom. The van der Waals surface area contributed by atoms with E-state index >= 15 is 0 Å². The van der Waals surface area contributed by atoms with Gasteiger partial charge in [0.1, 0.15) is 5.75 Å². The van der Waals surface area contributed by atoms with E-state index in [1.165, 1.54) is 49.8 Å². The Kier molecular flexibility index (Phi) is 3.06. The molecule has 0 radical (unpaired) electrons. The number of ether oxygens (including phenoxy) is 1. The molecule has 1 atom stereocenters. The van der Waals surface area contributed by atoms with Crippen molar-refractivity contribution in [1.29, 1.82) is 0 Å². The third-order valence-electron chi connectivity index (χ3n) is 4.02. The van der Waals surface area contributed by atoms with E-state index in [2.05, 4.69) is 23.5 Å². The van der Waals surface area contributed by atoms with Crippen LogP contribution < -0.4 is 10.1 Å². The van der Waals surface area contributed by atoms with Gasteiger partial charge in [-0.3, -0.25) is 0 Å². The molecule has 1 fully saturated rings. The largest absolute Gasteiger partial charge is 0.497 e. The van der Waals surface area contributed by atoms with Gasteiger partial charge in [0.15, 0.2) is 0 Å². The molecular formula is C15H21NO. The highest BCUT2D eigenvalue weighted by Crippen LogP contribution is 2.34. The molecule has 2 heteroatoms. The number of fused-ring (bicyclic) bond motifs is 1. The third-order valence-corrected chi connectivity index (χ3v) is 4.02. The molecule has 1 aromatic carbocycles. The van der Waals surface area contributed by atoms with Crippen LogP contribution in [0.15, 0.2) is 18.2 Å². The maximum absolute atomic E-state index is 5.34. The number of rotatable bonds is 4. The van der Waals surface area contributed by atoms with Crippen molar-refractivity contribution >= 4 is 0 Å². The summed E-state index contributed by atoms with van der Waals surface area (Å²) in [6, 6.07) is 7.09. The van der Waals surface area contributed by atoms with Gasteiger partial charge in [-0.1, -0.05) is 6.07 Å². The minimum absolute atomic E-state index is 0.550. The lowest BCUT2D eigenvalue weighted by molar-refractivity contribution is 0.408. The van der Waals surface area contributed by atoms with Crippen molar-refractivity contribution in [2.75, 3.05) is 13.7 Å². The predicted molar refractivity (Wildman–Crippen MR) is 69.4 cm³/mol. The lowest BCUT2D eigenvalue weighted by Crippen LogP contribution is -2.27. The van der Waals surface area contributed by atoms with Crippen LogP contribution in [-0.2, 0) is 6.42 Å². The van der Waals surface area contributed by atoms with Crippen LogP contribution in [0.5, 0.6) is 5.75 Å². The molecule has 0 aliphatic heterocycles. The first-order valence-corrected chi connectivity index (χ1v) is 6.77. The normalized spacial score (nSPS) is 23.2. The van der Waals surface area contributed by atoms with E-state index in [1.807, 2.05) is 0 Å². The van der Waals surface area contributed by atoms with E-state index in [0.29, 0.717) is 6.04 Å². The number of aryl methyl sites for hydroxylation is 1. The fraction of sp³-hybridized carbons (Fsp3) is 0.600. The summed E-state index contributed by atoms with van der Waals surface area (Å²) in [6.07, 6.45) is 6.64. The van der Waals surface area contributed by atoms with Gasteiger partial charge in [0, 0.05) is 6.04 Å². The molecule has 0 heterocycles. The van der Waals surface area contributed by atoms with Crippen LogP contribution in [-0.4, -0.2) is 13.7 Å². The number of hydrogen-bond acceptors (Lipinski definition) is 2. The highest BCUT2D eigenvalue weighted by molar-refractivity contribution is 5.39. The van der Waals surface area contributed by atoms with Crippen molar-refractivity contribution in [2.45, 2.75) is 38.1 Å². The molecule has 2 aliphatic carbocycles. The van der Waals surface area contributed by atoms with Crippen LogP contribution >= 0.6 is 0 Å². The molecule has 1 aromatic rings. The highest BCUT2D eigenvalue weighted by atomic mass is 16.5. The molecule has 1 saturated carbocycles. The zero-order valence-corrected chi connectivity index (χ0v) is 10.5. The van der Waals surface area contributed by atoms with Crippen molar-refractivity contribution in [3.05, 3.63) is 29.3 Å². The molecule has 1 N–H and O–H groups in total. The summed E-state index contributed by atoms with van der Waals surface area (Å²) < 4.78 is 5.34. The Bertz CT molecular complexity index is 398. The Balaban J connectivity index is 1.77. The fourth-order valence-corrected chi connectivity index (χ4v) is 2.75. The van der Waals surface area contributed by atoms with Crippen molar-refractivity contribution in [3.8, 4) is 5.75 Å². The maximum atomic E-state index is 5.34. The summed E-state index contributed by atoms with van der Waals surface area (Å²) in [5.74, 6) is 1.94. The Labute approximate surface area is 103 Å². The smallest absolute Gasteiger partial charge is 0.119 e. The summed E-state index contributed by atoms with van der Waals surface area (Å²) in [7, 11) is 1.75. The van der Waals surface area contributed by atoms with Gasteiger partial charge in [-0.15, -0.1) is 0 Å². The Hall–Kier alpha value is -1.02. The number of benzene rings is 1. The number of nitrogens with one attached hydrogen (secondary N) is 1. The molecule has 2 aliphatic rings. The second-order valence-corrected chi connectivity index (χ2v) is 5.36. The first-order valence-electron chi connectivity index (χ1n) is 6.77. The van der Waals surface area contributed by atoms with E-state index in [-0.39, 0.29) is 0 Å². The van der Waals surface area contributed by atoms with Gasteiger partial charge in [-0.2, -0.15) is 0 Å². The van der Waals surface area contributed by atoms with Crippen LogP contribution in [0.2, 0.25) is 0 Å². The van der Waals surface area contributed by atoms with Crippen molar-refractivity contribution in [2.24, 2.45) is 5.92 Å². The molecule has 1 unspecified atom stereocenters. The molecule has 0 aromatic heterocycles. The summed E-state index contributed by atoms with van der Waals surface area (Å²) in [5.41, 5.74) is 2.97. The van der Waals surface area contributed by atoms with E-state index in [0.717, 1.165) is 11.7 Å². The van der Waals surface area contributed by atoms with Gasteiger partial charge in [0.05, 0.1) is 7.11 Å². The Morgan fingerprint density at radius 1 is 1.29 bits per heavy atom. The summed E-state index contributed by atoms with van der Waals surface area (Å²) in [5, 5.41) is 3.74. The molecule has 92 valence electrons. The van der Waals surface area contributed by atoms with Crippen LogP contribution in [0.25, 0.3) is 0 Å². The number of hydrogen-bond donors (Lipinski definition) is 1. The number of methoxy groups -OCH3 is 1. The molecular weight excluding hydrogens is 210 g/mol. The molecule has 0 bridgehead atoms. The van der Waals surface area contributed by atoms with Gasteiger partial charge in [0.2, 0.25) is 0 Å². The van der Waals surface area contributed by atoms with Crippen molar-refractivity contribution in [1.82, 2.24) is 5.32 Å². The van der Waals surface area contributed by atoms with Crippen LogP contribution in [0.3, 0.4) is 0 Å². The van der Waals surface area contributed by atoms with E-state index in [9.17, 15) is 0 Å². The summed E-state index contributed by atoms with van der Waals surface area (Å²) in [6.45, 7) is 1.20. The van der Waals surface area contributed by atoms with Crippen molar-refractivity contribution < 1.29 is 4.74 Å². The topological polar surface area (TPSA) is 21.3 Å². The van der Waals surface area contributed by atoms with Crippen LogP contribution in [0.1, 0.15) is 42.9 Å². The first-order chi connectivity index (χ1) is 8.36. The highest BCUT2D eigenvalue weighted by Gasteiger charge is 2.25. The standard InChI is InChI=1S/C15H21NO/c1-17-13-8-7-12-3-2-4-15(14(12)9-13)16-10-11-5-6-11/h7-9,11,15-16H,2-6,10H2,1H3. The molecule has 3 rings (SSSR count). The molecule has 17 heavy (non-hydrogen) atoms. The van der Waals surface area contributed by atoms with Gasteiger partial charge in [-0.25, -0.2) is 0 Å². The zero-order valence-electron chi connectivity index (χ0n) is 10.5. The van der Waals surface area contributed by atoms with Gasteiger partial charge in [0.25, 0.3) is 0 Å².